The molecule has 1 saturated heterocycles. The van der Waals surface area contributed by atoms with Crippen LogP contribution in [0.3, 0.4) is 0 Å². The molecule has 14 heteroatoms. The van der Waals surface area contributed by atoms with E-state index in [0.29, 0.717) is 0 Å². The third kappa shape index (κ3) is 8.41. The van der Waals surface area contributed by atoms with Gasteiger partial charge in [-0.05, 0) is 32.1 Å². The summed E-state index contributed by atoms with van der Waals surface area (Å²) in [6.07, 6.45) is 8.59. The van der Waals surface area contributed by atoms with E-state index in [0.717, 1.165) is 4.13 Å². The van der Waals surface area contributed by atoms with Gasteiger partial charge >= 0.3 is 11.0 Å². The second-order valence-corrected chi connectivity index (χ2v) is 9.99. The van der Waals surface area contributed by atoms with Gasteiger partial charge in [0.2, 0.25) is 0 Å². The third-order valence-electron chi connectivity index (χ3n) is 4.23. The second kappa shape index (κ2) is 10.4. The molecule has 0 saturated carbocycles. The standard InChI is InChI=1S/C12H26N.C2F6NO4S2/c1-3-5-10-13(9-4-2)11-7-6-8-12-13;3-1(4,5)14(10,11)9-15(12,13)2(6,7)8/h3-12H2,1-2H3;/q+1;-1. The van der Waals surface area contributed by atoms with Crippen molar-refractivity contribution in [3.8, 4) is 0 Å². The first-order valence-electron chi connectivity index (χ1n) is 8.75. The highest BCUT2D eigenvalue weighted by molar-refractivity contribution is 8.13. The Morgan fingerprint density at radius 2 is 1.18 bits per heavy atom. The van der Waals surface area contributed by atoms with E-state index in [-0.39, 0.29) is 0 Å². The maximum atomic E-state index is 11.4. The minimum absolute atomic E-state index is 0.778. The summed E-state index contributed by atoms with van der Waals surface area (Å²) >= 11 is 0. The fourth-order valence-electron chi connectivity index (χ4n) is 2.92. The normalized spacial score (nSPS) is 18.3. The summed E-state index contributed by atoms with van der Waals surface area (Å²) in [5, 5.41) is 0. The van der Waals surface area contributed by atoms with Gasteiger partial charge in [0.25, 0.3) is 0 Å². The van der Waals surface area contributed by atoms with Crippen LogP contribution in [0.4, 0.5) is 26.3 Å². The van der Waals surface area contributed by atoms with E-state index in [9.17, 15) is 43.2 Å². The maximum Gasteiger partial charge on any atom is 0.480 e. The lowest BCUT2D eigenvalue weighted by Crippen LogP contribution is -2.52. The number of likely N-dealkylation sites (tertiary alicyclic amines) is 1. The number of piperidine rings is 1. The van der Waals surface area contributed by atoms with E-state index in [2.05, 4.69) is 13.8 Å². The number of alkyl halides is 6. The highest BCUT2D eigenvalue weighted by atomic mass is 32.3. The zero-order valence-electron chi connectivity index (χ0n) is 15.7. The molecule has 0 bridgehead atoms. The molecule has 0 radical (unpaired) electrons. The SMILES string of the molecule is CCCC[N+]1(CCC)CCCCC1.O=S(=O)([N-]S(=O)(=O)C(F)(F)F)C(F)(F)F. The van der Waals surface area contributed by atoms with Gasteiger partial charge in [-0.25, -0.2) is 16.8 Å². The van der Waals surface area contributed by atoms with Gasteiger partial charge in [0.1, 0.15) is 0 Å². The molecular formula is C14H26F6N2O4S2. The Morgan fingerprint density at radius 1 is 0.750 bits per heavy atom. The molecule has 6 nitrogen and oxygen atoms in total. The average Bonchev–Trinajstić information content (AvgIpc) is 2.52. The Kier molecular flexibility index (Phi) is 10.2. The second-order valence-electron chi connectivity index (χ2n) is 6.57. The molecule has 0 aromatic carbocycles. The van der Waals surface area contributed by atoms with Crippen molar-refractivity contribution in [3.63, 3.8) is 0 Å². The monoisotopic (exact) mass is 464 g/mol. The van der Waals surface area contributed by atoms with E-state index < -0.39 is 31.1 Å². The van der Waals surface area contributed by atoms with Crippen LogP contribution >= 0.6 is 0 Å². The van der Waals surface area contributed by atoms with Crippen molar-refractivity contribution < 1.29 is 47.7 Å². The van der Waals surface area contributed by atoms with E-state index >= 15 is 0 Å². The quantitative estimate of drug-likeness (QED) is 0.417. The van der Waals surface area contributed by atoms with Crippen LogP contribution in [0, 0.1) is 0 Å². The Labute approximate surface area is 162 Å². The number of quaternary nitrogens is 1. The van der Waals surface area contributed by atoms with Crippen molar-refractivity contribution in [1.29, 1.82) is 0 Å². The van der Waals surface area contributed by atoms with E-state index in [4.69, 9.17) is 0 Å². The van der Waals surface area contributed by atoms with E-state index in [1.54, 1.807) is 0 Å². The molecule has 170 valence electrons. The summed E-state index contributed by atoms with van der Waals surface area (Å²) in [6, 6.07) is 0. The number of rotatable bonds is 7. The first kappa shape index (κ1) is 27.4. The van der Waals surface area contributed by atoms with Crippen LogP contribution in [0.15, 0.2) is 0 Å². The van der Waals surface area contributed by atoms with Gasteiger partial charge in [-0.15, -0.1) is 0 Å². The predicted octanol–water partition coefficient (Wildman–Crippen LogP) is 4.26. The number of unbranched alkanes of at least 4 members (excludes halogenated alkanes) is 1. The van der Waals surface area contributed by atoms with Crippen molar-refractivity contribution >= 4 is 20.0 Å². The summed E-state index contributed by atoms with van der Waals surface area (Å²) in [7, 11) is -13.4. The highest BCUT2D eigenvalue weighted by Gasteiger charge is 2.46. The molecule has 1 heterocycles. The molecule has 0 aromatic rings. The maximum absolute atomic E-state index is 11.4. The Balaban J connectivity index is 0.000000525. The van der Waals surface area contributed by atoms with Crippen LogP contribution < -0.4 is 0 Å². The van der Waals surface area contributed by atoms with Gasteiger partial charge < -0.3 is 8.61 Å². The van der Waals surface area contributed by atoms with E-state index in [1.165, 1.54) is 69.2 Å². The molecule has 0 N–H and O–H groups in total. The van der Waals surface area contributed by atoms with Gasteiger partial charge in [0, 0.05) is 0 Å². The van der Waals surface area contributed by atoms with Crippen molar-refractivity contribution in [2.24, 2.45) is 0 Å². The highest BCUT2D eigenvalue weighted by Crippen LogP contribution is 2.36. The van der Waals surface area contributed by atoms with Gasteiger partial charge in [0.05, 0.1) is 26.2 Å². The summed E-state index contributed by atoms with van der Waals surface area (Å²) < 4.78 is 111. The van der Waals surface area contributed by atoms with Crippen molar-refractivity contribution in [2.45, 2.75) is 63.4 Å². The summed E-state index contributed by atoms with van der Waals surface area (Å²) in [5.74, 6) is 0. The third-order valence-corrected chi connectivity index (χ3v) is 6.97. The minimum Gasteiger partial charge on any atom is -0.421 e. The molecule has 1 aliphatic rings. The molecule has 1 fully saturated rings. The summed E-state index contributed by atoms with van der Waals surface area (Å²) in [5.41, 5.74) is -12.4. The number of halogens is 6. The molecule has 0 atom stereocenters. The smallest absolute Gasteiger partial charge is 0.421 e. The zero-order chi connectivity index (χ0) is 22.3. The topological polar surface area (TPSA) is 82.4 Å². The minimum atomic E-state index is -6.72. The number of hydrogen-bond acceptors (Lipinski definition) is 4. The van der Waals surface area contributed by atoms with E-state index in [1.807, 2.05) is 0 Å². The van der Waals surface area contributed by atoms with Crippen LogP contribution in [0.1, 0.15) is 52.4 Å². The lowest BCUT2D eigenvalue weighted by Gasteiger charge is -2.41. The van der Waals surface area contributed by atoms with Crippen molar-refractivity contribution in [3.05, 3.63) is 4.13 Å². The Hall–Kier alpha value is -0.600. The van der Waals surface area contributed by atoms with Crippen LogP contribution in [0.25, 0.3) is 4.13 Å². The predicted molar refractivity (Wildman–Crippen MR) is 92.1 cm³/mol. The van der Waals surface area contributed by atoms with Gasteiger partial charge in [0.15, 0.2) is 20.0 Å². The van der Waals surface area contributed by atoms with Crippen LogP contribution in [0.2, 0.25) is 0 Å². The molecule has 0 unspecified atom stereocenters. The van der Waals surface area contributed by atoms with Crippen molar-refractivity contribution in [1.82, 2.24) is 0 Å². The van der Waals surface area contributed by atoms with Gasteiger partial charge in [-0.1, -0.05) is 20.3 Å². The molecule has 1 rings (SSSR count). The number of sulfonamides is 2. The summed E-state index contributed by atoms with van der Waals surface area (Å²) in [4.78, 5) is 0. The Bertz CT molecular complexity index is 621. The molecular weight excluding hydrogens is 438 g/mol. The first-order chi connectivity index (χ1) is 12.5. The van der Waals surface area contributed by atoms with Gasteiger partial charge in [-0.2, -0.15) is 26.3 Å². The zero-order valence-corrected chi connectivity index (χ0v) is 17.3. The molecule has 28 heavy (non-hydrogen) atoms. The summed E-state index contributed by atoms with van der Waals surface area (Å²) in [6.45, 7) is 10.5. The lowest BCUT2D eigenvalue weighted by molar-refractivity contribution is -0.932. The average molecular weight is 464 g/mol. The number of nitrogens with zero attached hydrogens (tertiary/aromatic N) is 2. The number of hydrogen-bond donors (Lipinski definition) is 0. The molecule has 0 aromatic heterocycles. The van der Waals surface area contributed by atoms with Crippen LogP contribution in [-0.4, -0.2) is 58.5 Å². The lowest BCUT2D eigenvalue weighted by atomic mass is 10.1. The molecule has 0 aliphatic carbocycles. The first-order valence-corrected chi connectivity index (χ1v) is 11.6. The fraction of sp³-hybridized carbons (Fsp3) is 1.00. The Morgan fingerprint density at radius 3 is 1.50 bits per heavy atom. The molecule has 0 spiro atoms. The van der Waals surface area contributed by atoms with Crippen molar-refractivity contribution in [2.75, 3.05) is 26.2 Å². The van der Waals surface area contributed by atoms with Gasteiger partial charge in [-0.3, -0.25) is 0 Å². The van der Waals surface area contributed by atoms with Crippen LogP contribution in [-0.2, 0) is 20.0 Å². The largest absolute Gasteiger partial charge is 0.480 e. The fourth-order valence-corrected chi connectivity index (χ4v) is 4.63. The molecule has 0 amide bonds. The van der Waals surface area contributed by atoms with Crippen LogP contribution in [0.5, 0.6) is 0 Å². The molecule has 1 aliphatic heterocycles.